The average Bonchev–Trinajstić information content (AvgIpc) is 2.17. The molecule has 1 aromatic heterocycles. The maximum Gasteiger partial charge on any atom is 0.0623 e. The summed E-state index contributed by atoms with van der Waals surface area (Å²) >= 11 is 0. The second kappa shape index (κ2) is 2.46. The van der Waals surface area contributed by atoms with Gasteiger partial charge in [0.25, 0.3) is 0 Å². The Bertz CT molecular complexity index is 360. The van der Waals surface area contributed by atoms with Crippen LogP contribution in [0.3, 0.4) is 0 Å². The van der Waals surface area contributed by atoms with Gasteiger partial charge < -0.3 is 9.88 Å². The minimum atomic E-state index is 0.995. The van der Waals surface area contributed by atoms with Gasteiger partial charge in [0, 0.05) is 19.4 Å². The minimum Gasteiger partial charge on any atom is -0.386 e. The van der Waals surface area contributed by atoms with Gasteiger partial charge in [0.15, 0.2) is 0 Å². The molecule has 0 fully saturated rings. The normalized spacial score (nSPS) is 10.1. The van der Waals surface area contributed by atoms with Crippen LogP contribution in [0.25, 0.3) is 13.2 Å². The van der Waals surface area contributed by atoms with Gasteiger partial charge in [-0.15, -0.1) is 0 Å². The zero-order valence-corrected chi connectivity index (χ0v) is 7.36. The number of nitrogens with zero attached hydrogens (tertiary/aromatic N) is 1. The molecule has 1 rings (SSSR count). The van der Waals surface area contributed by atoms with Crippen molar-refractivity contribution in [2.24, 2.45) is 7.05 Å². The number of hydrogen-bond acceptors (Lipinski definition) is 1. The van der Waals surface area contributed by atoms with Gasteiger partial charge in [0.1, 0.15) is 0 Å². The standard InChI is InChI=1S/C9H14N2/c1-6-7(2)11(5)8(3)9(6)10-4/h10H,2-3H2,1,4-5H3. The van der Waals surface area contributed by atoms with Crippen molar-refractivity contribution in [3.05, 3.63) is 16.3 Å². The molecule has 2 nitrogen and oxygen atoms in total. The first-order chi connectivity index (χ1) is 5.09. The van der Waals surface area contributed by atoms with E-state index < -0.39 is 0 Å². The Kier molecular flexibility index (Phi) is 1.77. The fourth-order valence-corrected chi connectivity index (χ4v) is 1.27. The Balaban J connectivity index is 3.62. The third-order valence-corrected chi connectivity index (χ3v) is 2.16. The van der Waals surface area contributed by atoms with Gasteiger partial charge in [0.2, 0.25) is 0 Å². The van der Waals surface area contributed by atoms with Crippen molar-refractivity contribution in [3.63, 3.8) is 0 Å². The molecule has 60 valence electrons. The Labute approximate surface area is 66.8 Å². The molecule has 1 aromatic rings. The molecule has 0 unspecified atom stereocenters. The number of aromatic nitrogens is 1. The maximum atomic E-state index is 3.93. The summed E-state index contributed by atoms with van der Waals surface area (Å²) in [7, 11) is 3.87. The molecule has 0 aliphatic heterocycles. The lowest BCUT2D eigenvalue weighted by Gasteiger charge is -1.95. The third-order valence-electron chi connectivity index (χ3n) is 2.16. The summed E-state index contributed by atoms with van der Waals surface area (Å²) in [5.41, 5.74) is 2.28. The van der Waals surface area contributed by atoms with Crippen molar-refractivity contribution in [2.45, 2.75) is 6.92 Å². The molecular formula is C9H14N2. The highest BCUT2D eigenvalue weighted by Crippen LogP contribution is 2.00. The largest absolute Gasteiger partial charge is 0.386 e. The Hall–Kier alpha value is -1.18. The molecule has 0 atom stereocenters. The average molecular weight is 150 g/mol. The van der Waals surface area contributed by atoms with E-state index in [9.17, 15) is 0 Å². The number of nitrogens with one attached hydrogen (secondary N) is 1. The van der Waals surface area contributed by atoms with E-state index in [0.29, 0.717) is 0 Å². The molecular weight excluding hydrogens is 136 g/mol. The Morgan fingerprint density at radius 1 is 1.27 bits per heavy atom. The highest BCUT2D eigenvalue weighted by atomic mass is 15.0. The van der Waals surface area contributed by atoms with Crippen LogP contribution < -0.4 is 16.0 Å². The van der Waals surface area contributed by atoms with Crippen LogP contribution in [-0.2, 0) is 7.05 Å². The van der Waals surface area contributed by atoms with Crippen LogP contribution in [0, 0.1) is 6.92 Å². The number of anilines is 1. The predicted octanol–water partition coefficient (Wildman–Crippen LogP) is 0.196. The van der Waals surface area contributed by atoms with E-state index in [1.807, 2.05) is 25.6 Å². The molecule has 11 heavy (non-hydrogen) atoms. The minimum absolute atomic E-state index is 0.995. The fraction of sp³-hybridized carbons (Fsp3) is 0.333. The van der Waals surface area contributed by atoms with Crippen molar-refractivity contribution in [3.8, 4) is 0 Å². The van der Waals surface area contributed by atoms with E-state index >= 15 is 0 Å². The first-order valence-corrected chi connectivity index (χ1v) is 3.60. The van der Waals surface area contributed by atoms with E-state index in [0.717, 1.165) is 16.4 Å². The summed E-state index contributed by atoms with van der Waals surface area (Å²) < 4.78 is 1.99. The maximum absolute atomic E-state index is 3.93. The first kappa shape index (κ1) is 7.92. The molecule has 0 radical (unpaired) electrons. The molecule has 0 spiro atoms. The van der Waals surface area contributed by atoms with Crippen LogP contribution in [0.15, 0.2) is 0 Å². The van der Waals surface area contributed by atoms with E-state index in [4.69, 9.17) is 0 Å². The summed E-state index contributed by atoms with van der Waals surface area (Å²) in [6.07, 6.45) is 0. The van der Waals surface area contributed by atoms with Gasteiger partial charge in [-0.05, 0) is 12.5 Å². The molecule has 0 amide bonds. The molecule has 1 N–H and O–H groups in total. The fourth-order valence-electron chi connectivity index (χ4n) is 1.27. The SMILES string of the molecule is C=c1c(C)c(NC)c(=C)n1C. The van der Waals surface area contributed by atoms with E-state index in [2.05, 4.69) is 18.5 Å². The van der Waals surface area contributed by atoms with Crippen LogP contribution >= 0.6 is 0 Å². The number of hydrogen-bond donors (Lipinski definition) is 1. The smallest absolute Gasteiger partial charge is 0.0623 e. The van der Waals surface area contributed by atoms with Crippen molar-refractivity contribution in [1.29, 1.82) is 0 Å². The highest BCUT2D eigenvalue weighted by Gasteiger charge is 2.02. The van der Waals surface area contributed by atoms with Crippen molar-refractivity contribution in [2.75, 3.05) is 12.4 Å². The molecule has 2 heteroatoms. The van der Waals surface area contributed by atoms with Gasteiger partial charge in [-0.25, -0.2) is 0 Å². The van der Waals surface area contributed by atoms with Crippen molar-refractivity contribution < 1.29 is 0 Å². The Morgan fingerprint density at radius 3 is 2.00 bits per heavy atom. The lowest BCUT2D eigenvalue weighted by Crippen LogP contribution is -2.21. The molecule has 1 heterocycles. The molecule has 0 bridgehead atoms. The summed E-state index contributed by atoms with van der Waals surface area (Å²) in [5, 5.41) is 5.12. The van der Waals surface area contributed by atoms with Crippen LogP contribution in [-0.4, -0.2) is 11.6 Å². The lowest BCUT2D eigenvalue weighted by atomic mass is 10.3. The van der Waals surface area contributed by atoms with Gasteiger partial charge in [-0.3, -0.25) is 0 Å². The molecule has 0 aliphatic rings. The van der Waals surface area contributed by atoms with Crippen LogP contribution in [0.4, 0.5) is 5.69 Å². The summed E-state index contributed by atoms with van der Waals surface area (Å²) in [5.74, 6) is 0. The van der Waals surface area contributed by atoms with Gasteiger partial charge in [0.05, 0.1) is 11.0 Å². The van der Waals surface area contributed by atoms with E-state index in [-0.39, 0.29) is 0 Å². The zero-order valence-electron chi connectivity index (χ0n) is 7.36. The Morgan fingerprint density at radius 2 is 1.82 bits per heavy atom. The van der Waals surface area contributed by atoms with E-state index in [1.54, 1.807) is 0 Å². The van der Waals surface area contributed by atoms with Crippen molar-refractivity contribution in [1.82, 2.24) is 4.57 Å². The first-order valence-electron chi connectivity index (χ1n) is 3.60. The lowest BCUT2D eigenvalue weighted by molar-refractivity contribution is 0.861. The molecule has 0 aromatic carbocycles. The molecule has 0 aliphatic carbocycles. The molecule has 0 saturated heterocycles. The third kappa shape index (κ3) is 0.946. The second-order valence-corrected chi connectivity index (χ2v) is 2.70. The summed E-state index contributed by atoms with van der Waals surface area (Å²) in [6, 6.07) is 0. The molecule has 0 saturated carbocycles. The van der Waals surface area contributed by atoms with Crippen LogP contribution in [0.1, 0.15) is 5.56 Å². The van der Waals surface area contributed by atoms with Gasteiger partial charge in [-0.1, -0.05) is 13.2 Å². The summed E-state index contributed by atoms with van der Waals surface area (Å²) in [6.45, 7) is 9.91. The van der Waals surface area contributed by atoms with Gasteiger partial charge >= 0.3 is 0 Å². The quantitative estimate of drug-likeness (QED) is 0.605. The van der Waals surface area contributed by atoms with Crippen LogP contribution in [0.2, 0.25) is 0 Å². The van der Waals surface area contributed by atoms with E-state index in [1.165, 1.54) is 5.56 Å². The zero-order chi connectivity index (χ0) is 8.59. The monoisotopic (exact) mass is 150 g/mol. The second-order valence-electron chi connectivity index (χ2n) is 2.70. The summed E-state index contributed by atoms with van der Waals surface area (Å²) in [4.78, 5) is 0. The van der Waals surface area contributed by atoms with Crippen molar-refractivity contribution >= 4 is 18.8 Å². The van der Waals surface area contributed by atoms with Crippen LogP contribution in [0.5, 0.6) is 0 Å². The highest BCUT2D eigenvalue weighted by molar-refractivity contribution is 5.51. The van der Waals surface area contributed by atoms with Gasteiger partial charge in [-0.2, -0.15) is 0 Å². The topological polar surface area (TPSA) is 17.0 Å². The number of rotatable bonds is 1. The predicted molar refractivity (Wildman–Crippen MR) is 50.0 cm³/mol.